The third kappa shape index (κ3) is 5.14. The highest BCUT2D eigenvalue weighted by atomic mass is 32.2. The molecule has 1 aromatic carbocycles. The molecule has 0 radical (unpaired) electrons. The Morgan fingerprint density at radius 1 is 1.28 bits per heavy atom. The molecule has 0 aliphatic heterocycles. The minimum absolute atomic E-state index is 0.152. The molecule has 1 N–H and O–H groups in total. The highest BCUT2D eigenvalue weighted by Gasteiger charge is 2.17. The van der Waals surface area contributed by atoms with Crippen molar-refractivity contribution in [2.24, 2.45) is 13.0 Å². The van der Waals surface area contributed by atoms with Gasteiger partial charge < -0.3 is 4.90 Å². The van der Waals surface area contributed by atoms with Crippen LogP contribution in [0.5, 0.6) is 0 Å². The average molecular weight is 364 g/mol. The van der Waals surface area contributed by atoms with Crippen molar-refractivity contribution in [1.82, 2.24) is 19.4 Å². The Morgan fingerprint density at radius 2 is 1.92 bits per heavy atom. The molecule has 2 aromatic rings. The fourth-order valence-electron chi connectivity index (χ4n) is 2.26. The Kier molecular flexibility index (Phi) is 5.97. The summed E-state index contributed by atoms with van der Waals surface area (Å²) in [5, 5.41) is 4.08. The number of nitrogens with one attached hydrogen (secondary N) is 1. The highest BCUT2D eigenvalue weighted by molar-refractivity contribution is 7.89. The van der Waals surface area contributed by atoms with Crippen LogP contribution in [0.3, 0.4) is 0 Å². The van der Waals surface area contributed by atoms with E-state index in [0.29, 0.717) is 18.7 Å². The lowest BCUT2D eigenvalue weighted by atomic mass is 10.2. The van der Waals surface area contributed by atoms with Crippen molar-refractivity contribution in [3.8, 4) is 0 Å². The maximum Gasteiger partial charge on any atom is 0.253 e. The Bertz CT molecular complexity index is 826. The topological polar surface area (TPSA) is 84.3 Å². The van der Waals surface area contributed by atoms with Crippen LogP contribution in [0, 0.1) is 5.92 Å². The zero-order chi connectivity index (χ0) is 18.6. The van der Waals surface area contributed by atoms with Crippen LogP contribution in [0.25, 0.3) is 0 Å². The van der Waals surface area contributed by atoms with E-state index in [-0.39, 0.29) is 16.7 Å². The monoisotopic (exact) mass is 364 g/mol. The van der Waals surface area contributed by atoms with E-state index < -0.39 is 10.0 Å². The summed E-state index contributed by atoms with van der Waals surface area (Å²) in [6.07, 6.45) is 3.56. The molecule has 1 amide bonds. The van der Waals surface area contributed by atoms with Gasteiger partial charge in [0.1, 0.15) is 0 Å². The van der Waals surface area contributed by atoms with Gasteiger partial charge >= 0.3 is 0 Å². The summed E-state index contributed by atoms with van der Waals surface area (Å²) in [5.41, 5.74) is 1.37. The van der Waals surface area contributed by atoms with Crippen molar-refractivity contribution in [1.29, 1.82) is 0 Å². The van der Waals surface area contributed by atoms with E-state index in [1.54, 1.807) is 22.8 Å². The number of aromatic nitrogens is 2. The normalized spacial score (nSPS) is 11.7. The molecule has 0 spiro atoms. The predicted octanol–water partition coefficient (Wildman–Crippen LogP) is 1.63. The molecule has 0 aliphatic carbocycles. The maximum atomic E-state index is 12.5. The predicted molar refractivity (Wildman–Crippen MR) is 95.5 cm³/mol. The number of benzene rings is 1. The number of carbonyl (C=O) groups is 1. The third-order valence-electron chi connectivity index (χ3n) is 3.62. The maximum absolute atomic E-state index is 12.5. The zero-order valence-electron chi connectivity index (χ0n) is 14.9. The third-order valence-corrected chi connectivity index (χ3v) is 5.06. The van der Waals surface area contributed by atoms with E-state index in [1.807, 2.05) is 27.1 Å². The quantitative estimate of drug-likeness (QED) is 0.809. The molecule has 0 atom stereocenters. The van der Waals surface area contributed by atoms with Gasteiger partial charge in [-0.25, -0.2) is 13.1 Å². The first-order chi connectivity index (χ1) is 11.7. The van der Waals surface area contributed by atoms with Crippen LogP contribution < -0.4 is 4.72 Å². The molecule has 2 rings (SSSR count). The van der Waals surface area contributed by atoms with Gasteiger partial charge in [0.05, 0.1) is 11.1 Å². The van der Waals surface area contributed by atoms with Gasteiger partial charge in [0.2, 0.25) is 10.0 Å². The smallest absolute Gasteiger partial charge is 0.253 e. The summed E-state index contributed by atoms with van der Waals surface area (Å²) in [6, 6.07) is 5.97. The Hall–Kier alpha value is -2.19. The van der Waals surface area contributed by atoms with Gasteiger partial charge in [0.15, 0.2) is 0 Å². The van der Waals surface area contributed by atoms with E-state index in [4.69, 9.17) is 0 Å². The van der Waals surface area contributed by atoms with Crippen molar-refractivity contribution in [3.05, 3.63) is 47.8 Å². The molecule has 0 bridgehead atoms. The number of amides is 1. The van der Waals surface area contributed by atoms with E-state index in [9.17, 15) is 13.2 Å². The van der Waals surface area contributed by atoms with E-state index in [1.165, 1.54) is 24.3 Å². The first kappa shape index (κ1) is 19.1. The zero-order valence-corrected chi connectivity index (χ0v) is 15.7. The molecule has 8 heteroatoms. The van der Waals surface area contributed by atoms with Gasteiger partial charge in [0, 0.05) is 44.5 Å². The first-order valence-corrected chi connectivity index (χ1v) is 9.50. The van der Waals surface area contributed by atoms with Crippen LogP contribution in [-0.4, -0.2) is 42.6 Å². The Morgan fingerprint density at radius 3 is 2.44 bits per heavy atom. The average Bonchev–Trinajstić information content (AvgIpc) is 2.97. The molecule has 0 fully saturated rings. The number of carbonyl (C=O) groups excluding carboxylic acids is 1. The molecule has 25 heavy (non-hydrogen) atoms. The van der Waals surface area contributed by atoms with Crippen LogP contribution in [0.1, 0.15) is 29.8 Å². The second-order valence-electron chi connectivity index (χ2n) is 6.45. The number of hydrogen-bond donors (Lipinski definition) is 1. The van der Waals surface area contributed by atoms with Crippen molar-refractivity contribution < 1.29 is 13.2 Å². The molecule has 0 saturated carbocycles. The fourth-order valence-corrected chi connectivity index (χ4v) is 3.47. The summed E-state index contributed by atoms with van der Waals surface area (Å²) >= 11 is 0. The number of rotatable bonds is 7. The lowest BCUT2D eigenvalue weighted by Crippen LogP contribution is -2.28. The van der Waals surface area contributed by atoms with Crippen LogP contribution in [0.15, 0.2) is 41.6 Å². The van der Waals surface area contributed by atoms with Gasteiger partial charge in [0.25, 0.3) is 5.91 Å². The van der Waals surface area contributed by atoms with Crippen molar-refractivity contribution >= 4 is 15.9 Å². The molecule has 0 aliphatic rings. The van der Waals surface area contributed by atoms with Gasteiger partial charge in [-0.15, -0.1) is 0 Å². The first-order valence-electron chi connectivity index (χ1n) is 8.02. The fraction of sp³-hybridized carbons (Fsp3) is 0.412. The molecule has 1 heterocycles. The van der Waals surface area contributed by atoms with Crippen molar-refractivity contribution in [3.63, 3.8) is 0 Å². The number of aryl methyl sites for hydroxylation is 1. The second kappa shape index (κ2) is 7.79. The SMILES string of the molecule is CC(C)CNS(=O)(=O)c1ccc(C(=O)N(C)Cc2cnn(C)c2)cc1. The summed E-state index contributed by atoms with van der Waals surface area (Å²) in [6.45, 7) is 4.67. The molecular formula is C17H24N4O3S. The molecule has 0 saturated heterocycles. The molecule has 136 valence electrons. The largest absolute Gasteiger partial charge is 0.337 e. The van der Waals surface area contributed by atoms with E-state index in [0.717, 1.165) is 5.56 Å². The lowest BCUT2D eigenvalue weighted by molar-refractivity contribution is 0.0785. The summed E-state index contributed by atoms with van der Waals surface area (Å²) in [4.78, 5) is 14.2. The summed E-state index contributed by atoms with van der Waals surface area (Å²) in [5.74, 6) is 0.0414. The van der Waals surface area contributed by atoms with Crippen LogP contribution in [-0.2, 0) is 23.6 Å². The van der Waals surface area contributed by atoms with Gasteiger partial charge in [-0.3, -0.25) is 9.48 Å². The number of sulfonamides is 1. The second-order valence-corrected chi connectivity index (χ2v) is 8.22. The highest BCUT2D eigenvalue weighted by Crippen LogP contribution is 2.13. The standard InChI is InChI=1S/C17H24N4O3S/c1-13(2)9-19-25(23,24)16-7-5-15(6-8-16)17(22)20(3)11-14-10-18-21(4)12-14/h5-8,10,12-13,19H,9,11H2,1-4H3. The molecule has 1 aromatic heterocycles. The Balaban J connectivity index is 2.06. The van der Waals surface area contributed by atoms with Crippen LogP contribution >= 0.6 is 0 Å². The molecule has 7 nitrogen and oxygen atoms in total. The molecule has 0 unspecified atom stereocenters. The Labute approximate surface area is 148 Å². The van der Waals surface area contributed by atoms with E-state index in [2.05, 4.69) is 9.82 Å². The minimum atomic E-state index is -3.55. The minimum Gasteiger partial charge on any atom is -0.337 e. The number of nitrogens with zero attached hydrogens (tertiary/aromatic N) is 3. The van der Waals surface area contributed by atoms with Crippen LogP contribution in [0.2, 0.25) is 0 Å². The van der Waals surface area contributed by atoms with Gasteiger partial charge in [-0.2, -0.15) is 5.10 Å². The molecular weight excluding hydrogens is 340 g/mol. The van der Waals surface area contributed by atoms with Gasteiger partial charge in [-0.05, 0) is 30.2 Å². The van der Waals surface area contributed by atoms with E-state index >= 15 is 0 Å². The summed E-state index contributed by atoms with van der Waals surface area (Å²) in [7, 11) is -0.0339. The van der Waals surface area contributed by atoms with Crippen LogP contribution in [0.4, 0.5) is 0 Å². The number of hydrogen-bond acceptors (Lipinski definition) is 4. The van der Waals surface area contributed by atoms with Crippen molar-refractivity contribution in [2.45, 2.75) is 25.3 Å². The van der Waals surface area contributed by atoms with Crippen molar-refractivity contribution in [2.75, 3.05) is 13.6 Å². The lowest BCUT2D eigenvalue weighted by Gasteiger charge is -2.16. The van der Waals surface area contributed by atoms with Gasteiger partial charge in [-0.1, -0.05) is 13.8 Å². The summed E-state index contributed by atoms with van der Waals surface area (Å²) < 4.78 is 28.6.